The van der Waals surface area contributed by atoms with Crippen molar-refractivity contribution >= 4 is 0 Å². The van der Waals surface area contributed by atoms with E-state index in [2.05, 4.69) is 25.7 Å². The van der Waals surface area contributed by atoms with Crippen molar-refractivity contribution in [2.75, 3.05) is 0 Å². The summed E-state index contributed by atoms with van der Waals surface area (Å²) >= 11 is 0. The Labute approximate surface area is 188 Å². The minimum Gasteiger partial charge on any atom is -0.390 e. The molecule has 2 aromatic heterocycles. The van der Waals surface area contributed by atoms with Gasteiger partial charge in [-0.2, -0.15) is 23.5 Å². The Morgan fingerprint density at radius 1 is 1.03 bits per heavy atom. The van der Waals surface area contributed by atoms with E-state index in [1.165, 1.54) is 0 Å². The number of nitrogens with zero attached hydrogens (tertiary/aromatic N) is 5. The molecule has 2 heterocycles. The monoisotopic (exact) mass is 456 g/mol. The Balaban J connectivity index is 1.64. The molecule has 0 bridgehead atoms. The molecule has 0 unspecified atom stereocenters. The van der Waals surface area contributed by atoms with Gasteiger partial charge in [-0.25, -0.2) is 0 Å². The van der Waals surface area contributed by atoms with Gasteiger partial charge >= 0.3 is 6.18 Å². The van der Waals surface area contributed by atoms with Crippen LogP contribution in [0.4, 0.5) is 13.2 Å². The van der Waals surface area contributed by atoms with E-state index >= 15 is 0 Å². The van der Waals surface area contributed by atoms with Crippen LogP contribution in [0.2, 0.25) is 0 Å². The first-order valence-electron chi connectivity index (χ1n) is 10.6. The van der Waals surface area contributed by atoms with Gasteiger partial charge in [-0.3, -0.25) is 4.68 Å². The van der Waals surface area contributed by atoms with Gasteiger partial charge in [0, 0.05) is 17.5 Å². The molecule has 33 heavy (non-hydrogen) atoms. The van der Waals surface area contributed by atoms with Gasteiger partial charge in [-0.15, -0.1) is 10.2 Å². The highest BCUT2D eigenvalue weighted by atomic mass is 19.4. The van der Waals surface area contributed by atoms with Crippen LogP contribution in [0.3, 0.4) is 0 Å². The van der Waals surface area contributed by atoms with E-state index in [0.717, 1.165) is 33.4 Å². The predicted molar refractivity (Wildman–Crippen MR) is 116 cm³/mol. The third-order valence-electron chi connectivity index (χ3n) is 5.37. The molecule has 0 saturated heterocycles. The molecule has 0 radical (unpaired) electrons. The Morgan fingerprint density at radius 3 is 2.36 bits per heavy atom. The number of tetrazole rings is 1. The molecule has 4 aromatic rings. The lowest BCUT2D eigenvalue weighted by Crippen LogP contribution is -2.20. The summed E-state index contributed by atoms with van der Waals surface area (Å²) in [5.41, 5.74) is 5.09. The molecule has 7 nitrogen and oxygen atoms in total. The van der Waals surface area contributed by atoms with Crippen LogP contribution in [0.25, 0.3) is 22.5 Å². The van der Waals surface area contributed by atoms with E-state index in [9.17, 15) is 18.3 Å². The normalized spacial score (nSPS) is 11.8. The van der Waals surface area contributed by atoms with Crippen LogP contribution in [0.5, 0.6) is 0 Å². The standard InChI is InChI=1S/C23H23F3N6O/c1-2-5-20-19(21(13-33)32(29-20)14-23(24,25)26)12-15-8-10-16(11-9-15)17-6-3-4-7-18(17)22-27-30-31-28-22/h3-4,6-11,33H,2,5,12-14H2,1H3,(H,27,28,30,31). The van der Waals surface area contributed by atoms with E-state index in [1.807, 2.05) is 55.5 Å². The Hall–Kier alpha value is -3.53. The predicted octanol–water partition coefficient (Wildman–Crippen LogP) is 4.33. The summed E-state index contributed by atoms with van der Waals surface area (Å²) < 4.78 is 39.9. The highest BCUT2D eigenvalue weighted by molar-refractivity contribution is 5.80. The number of aromatic amines is 1. The smallest absolute Gasteiger partial charge is 0.390 e. The second-order valence-corrected chi connectivity index (χ2v) is 7.71. The highest BCUT2D eigenvalue weighted by Gasteiger charge is 2.31. The van der Waals surface area contributed by atoms with Crippen molar-refractivity contribution in [3.63, 3.8) is 0 Å². The molecule has 0 spiro atoms. The summed E-state index contributed by atoms with van der Waals surface area (Å²) in [6, 6.07) is 15.5. The average molecular weight is 456 g/mol. The van der Waals surface area contributed by atoms with Gasteiger partial charge in [0.1, 0.15) is 6.54 Å². The highest BCUT2D eigenvalue weighted by Crippen LogP contribution is 2.31. The van der Waals surface area contributed by atoms with Crippen molar-refractivity contribution < 1.29 is 18.3 Å². The number of H-pyrrole nitrogens is 1. The summed E-state index contributed by atoms with van der Waals surface area (Å²) in [6.45, 7) is 0.227. The van der Waals surface area contributed by atoms with Crippen LogP contribution in [0.15, 0.2) is 48.5 Å². The zero-order valence-corrected chi connectivity index (χ0v) is 18.0. The minimum atomic E-state index is -4.41. The molecule has 0 amide bonds. The second kappa shape index (κ2) is 9.53. The number of hydrogen-bond donors (Lipinski definition) is 2. The van der Waals surface area contributed by atoms with Crippen LogP contribution in [-0.4, -0.2) is 41.7 Å². The maximum atomic E-state index is 13.0. The van der Waals surface area contributed by atoms with Crippen LogP contribution < -0.4 is 0 Å². The summed E-state index contributed by atoms with van der Waals surface area (Å²) in [6.07, 6.45) is -2.74. The van der Waals surface area contributed by atoms with E-state index in [1.54, 1.807) is 0 Å². The number of hydrogen-bond acceptors (Lipinski definition) is 5. The van der Waals surface area contributed by atoms with Gasteiger partial charge in [-0.1, -0.05) is 61.9 Å². The fourth-order valence-electron chi connectivity index (χ4n) is 3.92. The zero-order valence-electron chi connectivity index (χ0n) is 18.0. The van der Waals surface area contributed by atoms with E-state index in [0.29, 0.717) is 29.9 Å². The molecule has 4 rings (SSSR count). The molecule has 0 fully saturated rings. The van der Waals surface area contributed by atoms with E-state index < -0.39 is 19.3 Å². The van der Waals surface area contributed by atoms with Crippen LogP contribution >= 0.6 is 0 Å². The quantitative estimate of drug-likeness (QED) is 0.412. The molecular weight excluding hydrogens is 433 g/mol. The Bertz CT molecular complexity index is 1200. The minimum absolute atomic E-state index is 0.210. The van der Waals surface area contributed by atoms with Crippen molar-refractivity contribution in [1.29, 1.82) is 0 Å². The average Bonchev–Trinajstić information content (AvgIpc) is 3.42. The fourth-order valence-corrected chi connectivity index (χ4v) is 3.92. The molecular formula is C23H23F3N6O. The second-order valence-electron chi connectivity index (χ2n) is 7.71. The van der Waals surface area contributed by atoms with Gasteiger partial charge in [0.05, 0.1) is 18.0 Å². The van der Waals surface area contributed by atoms with Crippen molar-refractivity contribution in [3.8, 4) is 22.5 Å². The molecule has 0 saturated carbocycles. The molecule has 0 aliphatic heterocycles. The fraction of sp³-hybridized carbons (Fsp3) is 0.304. The van der Waals surface area contributed by atoms with Crippen molar-refractivity contribution in [2.24, 2.45) is 0 Å². The van der Waals surface area contributed by atoms with Crippen LogP contribution in [0, 0.1) is 0 Å². The lowest BCUT2D eigenvalue weighted by atomic mass is 9.96. The van der Waals surface area contributed by atoms with Crippen molar-refractivity contribution in [2.45, 2.75) is 45.5 Å². The lowest BCUT2D eigenvalue weighted by Gasteiger charge is -2.11. The summed E-state index contributed by atoms with van der Waals surface area (Å²) in [5.74, 6) is 0.489. The number of halogens is 3. The van der Waals surface area contributed by atoms with Gasteiger partial charge in [-0.05, 0) is 28.3 Å². The first-order valence-corrected chi connectivity index (χ1v) is 10.6. The number of aromatic nitrogens is 6. The van der Waals surface area contributed by atoms with Crippen molar-refractivity contribution in [1.82, 2.24) is 30.4 Å². The van der Waals surface area contributed by atoms with Crippen LogP contribution in [-0.2, 0) is 26.0 Å². The summed E-state index contributed by atoms with van der Waals surface area (Å²) in [4.78, 5) is 0. The number of benzene rings is 2. The SMILES string of the molecule is CCCc1nn(CC(F)(F)F)c(CO)c1Cc1ccc(-c2ccccc2-c2nn[nH]n2)cc1. The molecule has 2 N–H and O–H groups in total. The molecule has 172 valence electrons. The number of rotatable bonds is 8. The van der Waals surface area contributed by atoms with Crippen molar-refractivity contribution in [3.05, 3.63) is 71.0 Å². The Kier molecular flexibility index (Phi) is 6.55. The van der Waals surface area contributed by atoms with Crippen LogP contribution in [0.1, 0.15) is 35.9 Å². The molecule has 0 aliphatic rings. The number of aliphatic hydroxyl groups excluding tert-OH is 1. The third-order valence-corrected chi connectivity index (χ3v) is 5.37. The molecule has 2 aromatic carbocycles. The lowest BCUT2D eigenvalue weighted by molar-refractivity contribution is -0.143. The van der Waals surface area contributed by atoms with E-state index in [-0.39, 0.29) is 5.69 Å². The first kappa shape index (κ1) is 22.7. The number of alkyl halides is 3. The number of aryl methyl sites for hydroxylation is 1. The molecule has 0 aliphatic carbocycles. The summed E-state index contributed by atoms with van der Waals surface area (Å²) in [5, 5.41) is 28.2. The zero-order chi connectivity index (χ0) is 23.4. The molecule has 0 atom stereocenters. The summed E-state index contributed by atoms with van der Waals surface area (Å²) in [7, 11) is 0. The Morgan fingerprint density at radius 2 is 1.76 bits per heavy atom. The maximum absolute atomic E-state index is 13.0. The maximum Gasteiger partial charge on any atom is 0.408 e. The third kappa shape index (κ3) is 5.11. The first-order chi connectivity index (χ1) is 15.9. The number of nitrogens with one attached hydrogen (secondary N) is 1. The van der Waals surface area contributed by atoms with Gasteiger partial charge in [0.15, 0.2) is 0 Å². The van der Waals surface area contributed by atoms with E-state index in [4.69, 9.17) is 0 Å². The topological polar surface area (TPSA) is 92.5 Å². The number of aliphatic hydroxyl groups is 1. The van der Waals surface area contributed by atoms with Gasteiger partial charge in [0.2, 0.25) is 5.82 Å². The largest absolute Gasteiger partial charge is 0.408 e. The van der Waals surface area contributed by atoms with Gasteiger partial charge < -0.3 is 5.11 Å². The molecule has 10 heteroatoms. The van der Waals surface area contributed by atoms with Gasteiger partial charge in [0.25, 0.3) is 0 Å².